The Kier molecular flexibility index (Phi) is 6.61. The predicted octanol–water partition coefficient (Wildman–Crippen LogP) is 4.15. The minimum atomic E-state index is 0.403. The molecule has 0 bridgehead atoms. The molecule has 0 radical (unpaired) electrons. The van der Waals surface area contributed by atoms with Crippen molar-refractivity contribution in [1.29, 1.82) is 0 Å². The summed E-state index contributed by atoms with van der Waals surface area (Å²) in [5.74, 6) is 1.82. The van der Waals surface area contributed by atoms with Crippen LogP contribution in [-0.4, -0.2) is 24.6 Å². The highest BCUT2D eigenvalue weighted by atomic mass is 16.6. The first-order valence-corrected chi connectivity index (χ1v) is 8.02. The topological polar surface area (TPSA) is 56.9 Å². The predicted molar refractivity (Wildman–Crippen MR) is 94.7 cm³/mol. The van der Waals surface area contributed by atoms with Crippen LogP contribution in [0.1, 0.15) is 34.6 Å². The van der Waals surface area contributed by atoms with Crippen LogP contribution in [-0.2, 0) is 11.3 Å². The summed E-state index contributed by atoms with van der Waals surface area (Å²) in [6.45, 7) is 10.6. The van der Waals surface area contributed by atoms with E-state index in [4.69, 9.17) is 14.1 Å². The standard InChI is InChI=1S/C19H24N2O3/c1-5-8-23-20-13-17-10-14(2)19(15(3)11-17)22-9-6-7-18-12-16(4)21-24-18/h5,10-13H,1,6-9H2,2-4H3. The SMILES string of the molecule is C=CCON=Cc1cc(C)c(OCCCc2cc(C)no2)c(C)c1. The molecule has 0 spiro atoms. The summed E-state index contributed by atoms with van der Waals surface area (Å²) in [4.78, 5) is 5.03. The van der Waals surface area contributed by atoms with E-state index in [1.807, 2.05) is 39.0 Å². The second kappa shape index (κ2) is 8.91. The Hall–Kier alpha value is -2.56. The first-order chi connectivity index (χ1) is 11.6. The number of rotatable bonds is 9. The lowest BCUT2D eigenvalue weighted by atomic mass is 10.1. The fourth-order valence-corrected chi connectivity index (χ4v) is 2.43. The van der Waals surface area contributed by atoms with Gasteiger partial charge in [0.15, 0.2) is 0 Å². The highest BCUT2D eigenvalue weighted by Crippen LogP contribution is 2.24. The third-order valence-corrected chi connectivity index (χ3v) is 3.44. The fraction of sp³-hybridized carbons (Fsp3) is 0.368. The Labute approximate surface area is 142 Å². The lowest BCUT2D eigenvalue weighted by Gasteiger charge is -2.12. The molecule has 0 aliphatic carbocycles. The van der Waals surface area contributed by atoms with Gasteiger partial charge < -0.3 is 14.1 Å². The van der Waals surface area contributed by atoms with Crippen molar-refractivity contribution in [2.24, 2.45) is 5.16 Å². The summed E-state index contributed by atoms with van der Waals surface area (Å²) < 4.78 is 11.1. The van der Waals surface area contributed by atoms with Crippen molar-refractivity contribution < 1.29 is 14.1 Å². The van der Waals surface area contributed by atoms with Gasteiger partial charge in [0.1, 0.15) is 18.1 Å². The van der Waals surface area contributed by atoms with Crippen LogP contribution < -0.4 is 4.74 Å². The second-order valence-corrected chi connectivity index (χ2v) is 5.69. The van der Waals surface area contributed by atoms with E-state index in [1.165, 1.54) is 0 Å². The first kappa shape index (κ1) is 17.8. The molecule has 24 heavy (non-hydrogen) atoms. The van der Waals surface area contributed by atoms with Crippen LogP contribution in [0.25, 0.3) is 0 Å². The molecule has 5 heteroatoms. The van der Waals surface area contributed by atoms with Crippen molar-refractivity contribution in [2.45, 2.75) is 33.6 Å². The molecule has 2 aromatic rings. The molecule has 0 N–H and O–H groups in total. The Balaban J connectivity index is 1.88. The molecule has 0 saturated heterocycles. The van der Waals surface area contributed by atoms with Gasteiger partial charge in [-0.25, -0.2) is 0 Å². The molecule has 1 aromatic heterocycles. The lowest BCUT2D eigenvalue weighted by molar-refractivity contribution is 0.176. The van der Waals surface area contributed by atoms with Gasteiger partial charge in [-0.2, -0.15) is 0 Å². The maximum atomic E-state index is 5.94. The second-order valence-electron chi connectivity index (χ2n) is 5.69. The molecule has 0 saturated carbocycles. The number of benzene rings is 1. The molecule has 128 valence electrons. The summed E-state index contributed by atoms with van der Waals surface area (Å²) in [7, 11) is 0. The van der Waals surface area contributed by atoms with E-state index >= 15 is 0 Å². The van der Waals surface area contributed by atoms with Gasteiger partial charge in [-0.05, 0) is 56.0 Å². The lowest BCUT2D eigenvalue weighted by Crippen LogP contribution is -2.03. The van der Waals surface area contributed by atoms with E-state index in [9.17, 15) is 0 Å². The molecule has 1 aromatic carbocycles. The van der Waals surface area contributed by atoms with E-state index < -0.39 is 0 Å². The molecular weight excluding hydrogens is 304 g/mol. The van der Waals surface area contributed by atoms with Crippen molar-refractivity contribution in [3.05, 3.63) is 59.0 Å². The summed E-state index contributed by atoms with van der Waals surface area (Å²) >= 11 is 0. The molecule has 0 atom stereocenters. The Morgan fingerprint density at radius 3 is 2.58 bits per heavy atom. The van der Waals surface area contributed by atoms with Crippen LogP contribution in [0, 0.1) is 20.8 Å². The molecule has 0 unspecified atom stereocenters. The monoisotopic (exact) mass is 328 g/mol. The average molecular weight is 328 g/mol. The molecule has 0 fully saturated rings. The summed E-state index contributed by atoms with van der Waals surface area (Å²) in [6, 6.07) is 6.02. The number of hydrogen-bond acceptors (Lipinski definition) is 5. The zero-order valence-electron chi connectivity index (χ0n) is 14.5. The normalized spacial score (nSPS) is 11.0. The van der Waals surface area contributed by atoms with Gasteiger partial charge >= 0.3 is 0 Å². The molecular formula is C19H24N2O3. The van der Waals surface area contributed by atoms with E-state index in [0.717, 1.165) is 46.7 Å². The van der Waals surface area contributed by atoms with Crippen LogP contribution in [0.5, 0.6) is 5.75 Å². The Morgan fingerprint density at radius 2 is 1.96 bits per heavy atom. The summed E-state index contributed by atoms with van der Waals surface area (Å²) in [5, 5.41) is 7.78. The third kappa shape index (κ3) is 5.26. The van der Waals surface area contributed by atoms with E-state index in [0.29, 0.717) is 13.2 Å². The van der Waals surface area contributed by atoms with Gasteiger partial charge in [-0.15, -0.1) is 0 Å². The zero-order valence-corrected chi connectivity index (χ0v) is 14.5. The van der Waals surface area contributed by atoms with Crippen molar-refractivity contribution >= 4 is 6.21 Å². The van der Waals surface area contributed by atoms with Gasteiger partial charge in [-0.3, -0.25) is 0 Å². The first-order valence-electron chi connectivity index (χ1n) is 8.02. The van der Waals surface area contributed by atoms with Crippen LogP contribution >= 0.6 is 0 Å². The molecule has 2 rings (SSSR count). The quantitative estimate of drug-likeness (QED) is 0.300. The zero-order chi connectivity index (χ0) is 17.4. The van der Waals surface area contributed by atoms with Crippen LogP contribution in [0.3, 0.4) is 0 Å². The summed E-state index contributed by atoms with van der Waals surface area (Å²) in [6.07, 6.45) is 5.06. The van der Waals surface area contributed by atoms with Crippen LogP contribution in [0.15, 0.2) is 40.5 Å². The number of hydrogen-bond donors (Lipinski definition) is 0. The highest BCUT2D eigenvalue weighted by Gasteiger charge is 2.07. The molecule has 0 aliphatic rings. The molecule has 0 aliphatic heterocycles. The average Bonchev–Trinajstić information content (AvgIpc) is 2.95. The number of aryl methyl sites for hydroxylation is 4. The van der Waals surface area contributed by atoms with Gasteiger partial charge in [0, 0.05) is 12.5 Å². The van der Waals surface area contributed by atoms with Crippen molar-refractivity contribution in [1.82, 2.24) is 5.16 Å². The van der Waals surface area contributed by atoms with Crippen LogP contribution in [0.4, 0.5) is 0 Å². The van der Waals surface area contributed by atoms with E-state index in [1.54, 1.807) is 12.3 Å². The van der Waals surface area contributed by atoms with Crippen molar-refractivity contribution in [2.75, 3.05) is 13.2 Å². The minimum absolute atomic E-state index is 0.403. The number of ether oxygens (including phenoxy) is 1. The van der Waals surface area contributed by atoms with E-state index in [-0.39, 0.29) is 0 Å². The largest absolute Gasteiger partial charge is 0.493 e. The van der Waals surface area contributed by atoms with Gasteiger partial charge in [0.2, 0.25) is 0 Å². The molecule has 0 amide bonds. The summed E-state index contributed by atoms with van der Waals surface area (Å²) in [5.41, 5.74) is 4.05. The maximum absolute atomic E-state index is 5.94. The Bertz CT molecular complexity index is 681. The number of aromatic nitrogens is 1. The van der Waals surface area contributed by atoms with Gasteiger partial charge in [0.05, 0.1) is 18.5 Å². The van der Waals surface area contributed by atoms with Gasteiger partial charge in [0.25, 0.3) is 0 Å². The maximum Gasteiger partial charge on any atom is 0.137 e. The number of nitrogens with zero attached hydrogens (tertiary/aromatic N) is 2. The fourth-order valence-electron chi connectivity index (χ4n) is 2.43. The minimum Gasteiger partial charge on any atom is -0.493 e. The van der Waals surface area contributed by atoms with Gasteiger partial charge in [-0.1, -0.05) is 23.0 Å². The number of oxime groups is 1. The highest BCUT2D eigenvalue weighted by molar-refractivity contribution is 5.80. The smallest absolute Gasteiger partial charge is 0.137 e. The molecule has 1 heterocycles. The molecule has 5 nitrogen and oxygen atoms in total. The van der Waals surface area contributed by atoms with Crippen LogP contribution in [0.2, 0.25) is 0 Å². The third-order valence-electron chi connectivity index (χ3n) is 3.44. The van der Waals surface area contributed by atoms with Crippen molar-refractivity contribution in [3.8, 4) is 5.75 Å². The van der Waals surface area contributed by atoms with E-state index in [2.05, 4.69) is 16.9 Å². The van der Waals surface area contributed by atoms with Crippen molar-refractivity contribution in [3.63, 3.8) is 0 Å². The Morgan fingerprint density at radius 1 is 1.21 bits per heavy atom.